The van der Waals surface area contributed by atoms with Gasteiger partial charge in [-0.15, -0.1) is 0 Å². The Morgan fingerprint density at radius 2 is 2.04 bits per heavy atom. The van der Waals surface area contributed by atoms with E-state index < -0.39 is 0 Å². The number of aromatic nitrogens is 3. The molecule has 1 N–H and O–H groups in total. The first-order valence-corrected chi connectivity index (χ1v) is 9.03. The number of carbonyl (C=O) groups is 1. The van der Waals surface area contributed by atoms with Crippen LogP contribution in [0.5, 0.6) is 0 Å². The van der Waals surface area contributed by atoms with E-state index in [2.05, 4.69) is 27.3 Å². The molecule has 1 atom stereocenters. The third-order valence-electron chi connectivity index (χ3n) is 4.98. The van der Waals surface area contributed by atoms with Crippen LogP contribution >= 0.6 is 11.6 Å². The zero-order valence-corrected chi connectivity index (χ0v) is 15.6. The number of rotatable bonds is 2. The highest BCUT2D eigenvalue weighted by Crippen LogP contribution is 2.36. The van der Waals surface area contributed by atoms with E-state index in [0.29, 0.717) is 16.5 Å². The lowest BCUT2D eigenvalue weighted by atomic mass is 9.94. The lowest BCUT2D eigenvalue weighted by Gasteiger charge is -2.36. The number of amides is 1. The molecule has 4 rings (SSSR count). The molecule has 7 nitrogen and oxygen atoms in total. The Morgan fingerprint density at radius 3 is 2.77 bits per heavy atom. The second-order valence-corrected chi connectivity index (χ2v) is 7.18. The summed E-state index contributed by atoms with van der Waals surface area (Å²) in [4.78, 5) is 21.8. The molecule has 0 aliphatic carbocycles. The van der Waals surface area contributed by atoms with E-state index in [0.717, 1.165) is 37.4 Å². The van der Waals surface area contributed by atoms with Gasteiger partial charge in [-0.05, 0) is 31.7 Å². The maximum atomic E-state index is 13.4. The van der Waals surface area contributed by atoms with Crippen molar-refractivity contribution in [1.82, 2.24) is 24.6 Å². The number of allylic oxidation sites excluding steroid dienone is 1. The standard InChI is InChI=1S/C18H21ClN6O/c1-12-15(17(26)24-8-6-23(2)7-9-24)16(13-4-3-5-14(19)10-13)25-18(22-12)20-11-21-25/h3-5,10-11,16H,6-9H2,1-2H3,(H,20,21,22)/t16-/m1/s1. The van der Waals surface area contributed by atoms with Gasteiger partial charge in [0.25, 0.3) is 5.91 Å². The first-order valence-electron chi connectivity index (χ1n) is 8.65. The maximum Gasteiger partial charge on any atom is 0.254 e. The fraction of sp³-hybridized carbons (Fsp3) is 0.389. The summed E-state index contributed by atoms with van der Waals surface area (Å²) in [5.41, 5.74) is 2.41. The molecule has 1 saturated heterocycles. The number of nitrogens with one attached hydrogen (secondary N) is 1. The van der Waals surface area contributed by atoms with E-state index in [1.54, 1.807) is 4.68 Å². The Labute approximate surface area is 157 Å². The van der Waals surface area contributed by atoms with E-state index >= 15 is 0 Å². The summed E-state index contributed by atoms with van der Waals surface area (Å²) in [5, 5.41) is 8.20. The molecule has 1 amide bonds. The molecule has 1 aromatic carbocycles. The minimum absolute atomic E-state index is 0.0363. The molecular formula is C18H21ClN6O. The fourth-order valence-corrected chi connectivity index (χ4v) is 3.73. The van der Waals surface area contributed by atoms with Gasteiger partial charge in [0.2, 0.25) is 5.95 Å². The minimum Gasteiger partial charge on any atom is -0.336 e. The molecule has 8 heteroatoms. The molecule has 0 bridgehead atoms. The zero-order valence-electron chi connectivity index (χ0n) is 14.8. The topological polar surface area (TPSA) is 66.3 Å². The van der Waals surface area contributed by atoms with Crippen molar-refractivity contribution >= 4 is 23.5 Å². The molecule has 2 aliphatic heterocycles. The average molecular weight is 373 g/mol. The van der Waals surface area contributed by atoms with Gasteiger partial charge in [-0.2, -0.15) is 10.1 Å². The van der Waals surface area contributed by atoms with Crippen molar-refractivity contribution in [2.75, 3.05) is 38.5 Å². The lowest BCUT2D eigenvalue weighted by Crippen LogP contribution is -2.49. The SMILES string of the molecule is CC1=C(C(=O)N2CCN(C)CC2)[C@@H](c2cccc(Cl)c2)n2ncnc2N1. The maximum absolute atomic E-state index is 13.4. The van der Waals surface area contributed by atoms with E-state index in [1.165, 1.54) is 6.33 Å². The number of hydrogen-bond donors (Lipinski definition) is 1. The number of carbonyl (C=O) groups excluding carboxylic acids is 1. The Bertz CT molecular complexity index is 868. The molecule has 1 fully saturated rings. The van der Waals surface area contributed by atoms with Crippen molar-refractivity contribution in [1.29, 1.82) is 0 Å². The highest BCUT2D eigenvalue weighted by Gasteiger charge is 2.36. The smallest absolute Gasteiger partial charge is 0.254 e. The van der Waals surface area contributed by atoms with Crippen LogP contribution in [-0.4, -0.2) is 63.7 Å². The summed E-state index contributed by atoms with van der Waals surface area (Å²) in [6, 6.07) is 7.22. The van der Waals surface area contributed by atoms with Crippen LogP contribution in [0.4, 0.5) is 5.95 Å². The Balaban J connectivity index is 1.76. The van der Waals surface area contributed by atoms with E-state index in [9.17, 15) is 4.79 Å². The molecule has 136 valence electrons. The second kappa shape index (κ2) is 6.74. The number of likely N-dealkylation sites (N-methyl/N-ethyl adjacent to an activating group) is 1. The van der Waals surface area contributed by atoms with Crippen molar-refractivity contribution in [3.05, 3.63) is 52.4 Å². The summed E-state index contributed by atoms with van der Waals surface area (Å²) in [6.45, 7) is 5.11. The monoisotopic (exact) mass is 372 g/mol. The van der Waals surface area contributed by atoms with Crippen molar-refractivity contribution in [3.8, 4) is 0 Å². The van der Waals surface area contributed by atoms with E-state index in [1.807, 2.05) is 36.1 Å². The van der Waals surface area contributed by atoms with Gasteiger partial charge in [-0.1, -0.05) is 23.7 Å². The van der Waals surface area contributed by atoms with Crippen LogP contribution in [-0.2, 0) is 4.79 Å². The lowest BCUT2D eigenvalue weighted by molar-refractivity contribution is -0.129. The van der Waals surface area contributed by atoms with Crippen LogP contribution in [0.3, 0.4) is 0 Å². The Morgan fingerprint density at radius 1 is 1.27 bits per heavy atom. The van der Waals surface area contributed by atoms with Gasteiger partial charge in [0.05, 0.1) is 5.57 Å². The molecule has 2 aromatic rings. The summed E-state index contributed by atoms with van der Waals surface area (Å²) in [6.07, 6.45) is 1.50. The molecule has 2 aliphatic rings. The first kappa shape index (κ1) is 17.1. The van der Waals surface area contributed by atoms with Crippen molar-refractivity contribution in [2.24, 2.45) is 0 Å². The van der Waals surface area contributed by atoms with Crippen LogP contribution in [0.15, 0.2) is 41.9 Å². The summed E-state index contributed by atoms with van der Waals surface area (Å²) >= 11 is 6.22. The number of piperazine rings is 1. The molecule has 0 radical (unpaired) electrons. The summed E-state index contributed by atoms with van der Waals surface area (Å²) < 4.78 is 1.75. The molecule has 26 heavy (non-hydrogen) atoms. The van der Waals surface area contributed by atoms with Crippen LogP contribution in [0, 0.1) is 0 Å². The van der Waals surface area contributed by atoms with Crippen molar-refractivity contribution in [2.45, 2.75) is 13.0 Å². The van der Waals surface area contributed by atoms with Crippen LogP contribution < -0.4 is 5.32 Å². The number of nitrogens with zero attached hydrogens (tertiary/aromatic N) is 5. The van der Waals surface area contributed by atoms with E-state index in [4.69, 9.17) is 11.6 Å². The second-order valence-electron chi connectivity index (χ2n) is 6.74. The largest absolute Gasteiger partial charge is 0.336 e. The molecule has 0 spiro atoms. The van der Waals surface area contributed by atoms with Gasteiger partial charge < -0.3 is 15.1 Å². The first-order chi connectivity index (χ1) is 12.5. The average Bonchev–Trinajstić information content (AvgIpc) is 3.08. The van der Waals surface area contributed by atoms with Crippen molar-refractivity contribution in [3.63, 3.8) is 0 Å². The van der Waals surface area contributed by atoms with Gasteiger partial charge >= 0.3 is 0 Å². The highest BCUT2D eigenvalue weighted by atomic mass is 35.5. The molecule has 3 heterocycles. The van der Waals surface area contributed by atoms with Crippen LogP contribution in [0.1, 0.15) is 18.5 Å². The number of fused-ring (bicyclic) bond motifs is 1. The third kappa shape index (κ3) is 2.97. The molecule has 0 unspecified atom stereocenters. The fourth-order valence-electron chi connectivity index (χ4n) is 3.53. The normalized spacial score (nSPS) is 20.7. The number of halogens is 1. The van der Waals surface area contributed by atoms with Gasteiger partial charge in [-0.3, -0.25) is 4.79 Å². The molecular weight excluding hydrogens is 352 g/mol. The molecule has 1 aromatic heterocycles. The van der Waals surface area contributed by atoms with Gasteiger partial charge in [0.15, 0.2) is 0 Å². The summed E-state index contributed by atoms with van der Waals surface area (Å²) in [7, 11) is 2.07. The Kier molecular flexibility index (Phi) is 4.42. The Hall–Kier alpha value is -2.38. The van der Waals surface area contributed by atoms with E-state index in [-0.39, 0.29) is 11.9 Å². The predicted molar refractivity (Wildman–Crippen MR) is 100 cm³/mol. The van der Waals surface area contributed by atoms with Crippen LogP contribution in [0.2, 0.25) is 5.02 Å². The minimum atomic E-state index is -0.348. The van der Waals surface area contributed by atoms with Crippen molar-refractivity contribution < 1.29 is 4.79 Å². The van der Waals surface area contributed by atoms with Gasteiger partial charge in [0, 0.05) is 36.9 Å². The third-order valence-corrected chi connectivity index (χ3v) is 5.21. The quantitative estimate of drug-likeness (QED) is 0.873. The zero-order chi connectivity index (χ0) is 18.3. The van der Waals surface area contributed by atoms with Crippen LogP contribution in [0.25, 0.3) is 0 Å². The molecule has 0 saturated carbocycles. The highest BCUT2D eigenvalue weighted by molar-refractivity contribution is 6.30. The summed E-state index contributed by atoms with van der Waals surface area (Å²) in [5.74, 6) is 0.664. The predicted octanol–water partition coefficient (Wildman–Crippen LogP) is 1.99. The number of hydrogen-bond acceptors (Lipinski definition) is 5. The number of benzene rings is 1. The van der Waals surface area contributed by atoms with Gasteiger partial charge in [-0.25, -0.2) is 4.68 Å². The van der Waals surface area contributed by atoms with Gasteiger partial charge in [0.1, 0.15) is 12.4 Å². The number of anilines is 1.